The Morgan fingerprint density at radius 3 is 2.73 bits per heavy atom. The number of carbonyl (C=O) groups is 1. The average molecular weight is 470 g/mol. The van der Waals surface area contributed by atoms with Crippen LogP contribution in [-0.4, -0.2) is 30.2 Å². The third kappa shape index (κ3) is 3.80. The summed E-state index contributed by atoms with van der Waals surface area (Å²) in [5, 5.41) is 5.08. The Kier molecular flexibility index (Phi) is 5.99. The zero-order chi connectivity index (χ0) is 19.1. The molecule has 1 aromatic rings. The van der Waals surface area contributed by atoms with Crippen LogP contribution in [0.25, 0.3) is 0 Å². The molecule has 5 heteroatoms. The molecule has 1 amide bonds. The van der Waals surface area contributed by atoms with E-state index in [0.29, 0.717) is 17.9 Å². The summed E-state index contributed by atoms with van der Waals surface area (Å²) in [6, 6.07) is 8.25. The molecule has 1 N–H and O–H groups in total. The van der Waals surface area contributed by atoms with E-state index in [1.54, 1.807) is 12.2 Å². The molecule has 0 aromatic heterocycles. The fourth-order valence-electron chi connectivity index (χ4n) is 4.95. The first-order chi connectivity index (χ1) is 12.2. The molecule has 144 valence electrons. The second kappa shape index (κ2) is 7.76. The van der Waals surface area contributed by atoms with Gasteiger partial charge in [-0.3, -0.25) is 4.79 Å². The predicted octanol–water partition coefficient (Wildman–Crippen LogP) is 4.23. The Morgan fingerprint density at radius 2 is 2.15 bits per heavy atom. The van der Waals surface area contributed by atoms with E-state index >= 15 is 0 Å². The molecular formula is C21H31IN2O2. The van der Waals surface area contributed by atoms with Crippen LogP contribution in [0.1, 0.15) is 46.1 Å². The standard InChI is InChI=1S/C21H31IN2O2/c1-13-18-10-16(21(18,3)4)11-19(13)23-20(25)14(2)24(26-5)12-15-7-6-8-17(22)9-15/h6-9,13-14,16,18-19H,10-12H2,1-5H3,(H,23,25)/t13?,14-,16?,18-,19?/m0/s1. The largest absolute Gasteiger partial charge is 0.352 e. The summed E-state index contributed by atoms with van der Waals surface area (Å²) in [5.41, 5.74) is 1.59. The number of carbonyl (C=O) groups excluding carboxylic acids is 1. The molecule has 3 aliphatic rings. The lowest BCUT2D eigenvalue weighted by Gasteiger charge is -2.62. The molecule has 0 saturated heterocycles. The second-order valence-corrected chi connectivity index (χ2v) is 9.88. The van der Waals surface area contributed by atoms with E-state index in [4.69, 9.17) is 4.84 Å². The first kappa shape index (κ1) is 20.1. The lowest BCUT2D eigenvalue weighted by atomic mass is 9.45. The van der Waals surface area contributed by atoms with Gasteiger partial charge in [0.2, 0.25) is 5.91 Å². The fraction of sp³-hybridized carbons (Fsp3) is 0.667. The van der Waals surface area contributed by atoms with Crippen LogP contribution < -0.4 is 5.32 Å². The number of halogens is 1. The van der Waals surface area contributed by atoms with Gasteiger partial charge in [0, 0.05) is 16.2 Å². The number of benzene rings is 1. The minimum atomic E-state index is -0.323. The van der Waals surface area contributed by atoms with Crippen molar-refractivity contribution in [3.8, 4) is 0 Å². The van der Waals surface area contributed by atoms with Crippen molar-refractivity contribution in [1.82, 2.24) is 10.4 Å². The lowest BCUT2D eigenvalue weighted by molar-refractivity contribution is -0.178. The maximum absolute atomic E-state index is 12.9. The van der Waals surface area contributed by atoms with Gasteiger partial charge in [0.25, 0.3) is 0 Å². The van der Waals surface area contributed by atoms with Crippen LogP contribution in [0.2, 0.25) is 0 Å². The Morgan fingerprint density at radius 1 is 1.42 bits per heavy atom. The average Bonchev–Trinajstić information content (AvgIpc) is 2.60. The van der Waals surface area contributed by atoms with Crippen LogP contribution in [0.5, 0.6) is 0 Å². The third-order valence-electron chi connectivity index (χ3n) is 6.96. The highest BCUT2D eigenvalue weighted by atomic mass is 127. The van der Waals surface area contributed by atoms with Gasteiger partial charge in [0.05, 0.1) is 7.11 Å². The highest BCUT2D eigenvalue weighted by Gasteiger charge is 2.56. The topological polar surface area (TPSA) is 41.6 Å². The summed E-state index contributed by atoms with van der Waals surface area (Å²) >= 11 is 2.30. The second-order valence-electron chi connectivity index (χ2n) is 8.63. The molecule has 0 heterocycles. The number of nitrogens with one attached hydrogen (secondary N) is 1. The van der Waals surface area contributed by atoms with E-state index in [1.165, 1.54) is 9.99 Å². The zero-order valence-corrected chi connectivity index (χ0v) is 18.6. The van der Waals surface area contributed by atoms with Crippen molar-refractivity contribution in [3.05, 3.63) is 33.4 Å². The predicted molar refractivity (Wildman–Crippen MR) is 112 cm³/mol. The first-order valence-corrected chi connectivity index (χ1v) is 10.7. The minimum absolute atomic E-state index is 0.0634. The minimum Gasteiger partial charge on any atom is -0.352 e. The van der Waals surface area contributed by atoms with Crippen molar-refractivity contribution in [2.75, 3.05) is 7.11 Å². The molecule has 4 nitrogen and oxygen atoms in total. The smallest absolute Gasteiger partial charge is 0.239 e. The normalized spacial score (nSPS) is 30.6. The highest BCUT2D eigenvalue weighted by molar-refractivity contribution is 14.1. The van der Waals surface area contributed by atoms with Gasteiger partial charge >= 0.3 is 0 Å². The van der Waals surface area contributed by atoms with Crippen LogP contribution in [-0.2, 0) is 16.2 Å². The van der Waals surface area contributed by atoms with Gasteiger partial charge in [-0.05, 0) is 83.2 Å². The molecule has 26 heavy (non-hydrogen) atoms. The van der Waals surface area contributed by atoms with Crippen LogP contribution in [0, 0.1) is 26.7 Å². The van der Waals surface area contributed by atoms with Gasteiger partial charge in [-0.1, -0.05) is 32.9 Å². The number of hydrogen-bond donors (Lipinski definition) is 1. The van der Waals surface area contributed by atoms with E-state index in [0.717, 1.165) is 23.8 Å². The van der Waals surface area contributed by atoms with Gasteiger partial charge in [0.1, 0.15) is 6.04 Å². The molecule has 0 radical (unpaired) electrons. The summed E-state index contributed by atoms with van der Waals surface area (Å²) in [4.78, 5) is 18.4. The number of nitrogens with zero attached hydrogens (tertiary/aromatic N) is 1. The van der Waals surface area contributed by atoms with Crippen molar-refractivity contribution < 1.29 is 9.63 Å². The monoisotopic (exact) mass is 470 g/mol. The molecule has 5 atom stereocenters. The van der Waals surface area contributed by atoms with E-state index in [1.807, 2.05) is 13.0 Å². The molecule has 3 fully saturated rings. The molecule has 3 aliphatic carbocycles. The maximum Gasteiger partial charge on any atom is 0.239 e. The van der Waals surface area contributed by atoms with Gasteiger partial charge in [0.15, 0.2) is 0 Å². The summed E-state index contributed by atoms with van der Waals surface area (Å²) in [7, 11) is 1.64. The molecule has 0 spiro atoms. The first-order valence-electron chi connectivity index (χ1n) is 9.59. The Bertz CT molecular complexity index is 663. The number of hydrogen-bond acceptors (Lipinski definition) is 3. The molecule has 4 rings (SSSR count). The lowest BCUT2D eigenvalue weighted by Crippen LogP contribution is -2.61. The molecular weight excluding hydrogens is 439 g/mol. The van der Waals surface area contributed by atoms with E-state index < -0.39 is 0 Å². The van der Waals surface area contributed by atoms with Gasteiger partial charge in [-0.15, -0.1) is 0 Å². The summed E-state index contributed by atoms with van der Waals surface area (Å²) in [5.74, 6) is 2.08. The SMILES string of the molecule is CON(Cc1cccc(I)c1)[C@@H](C)C(=O)NC1CC2C[C@@H](C1C)C2(C)C. The number of hydroxylamine groups is 2. The van der Waals surface area contributed by atoms with Crippen LogP contribution >= 0.6 is 22.6 Å². The van der Waals surface area contributed by atoms with Crippen molar-refractivity contribution in [1.29, 1.82) is 0 Å². The van der Waals surface area contributed by atoms with E-state index in [-0.39, 0.29) is 18.0 Å². The summed E-state index contributed by atoms with van der Waals surface area (Å²) < 4.78 is 1.19. The Hall–Kier alpha value is -0.660. The van der Waals surface area contributed by atoms with Crippen molar-refractivity contribution in [2.24, 2.45) is 23.2 Å². The molecule has 3 saturated carbocycles. The molecule has 3 unspecified atom stereocenters. The maximum atomic E-state index is 12.9. The number of rotatable bonds is 6. The van der Waals surface area contributed by atoms with Crippen LogP contribution in [0.15, 0.2) is 24.3 Å². The zero-order valence-electron chi connectivity index (χ0n) is 16.5. The third-order valence-corrected chi connectivity index (χ3v) is 7.63. The van der Waals surface area contributed by atoms with E-state index in [2.05, 4.69) is 66.9 Å². The number of fused-ring (bicyclic) bond motifs is 2. The highest BCUT2D eigenvalue weighted by Crippen LogP contribution is 2.61. The summed E-state index contributed by atoms with van der Waals surface area (Å²) in [6.07, 6.45) is 2.43. The van der Waals surface area contributed by atoms with Gasteiger partial charge < -0.3 is 10.2 Å². The molecule has 1 aromatic carbocycles. The van der Waals surface area contributed by atoms with Crippen molar-refractivity contribution in [2.45, 2.75) is 59.2 Å². The van der Waals surface area contributed by atoms with Crippen LogP contribution in [0.3, 0.4) is 0 Å². The molecule has 0 aliphatic heterocycles. The Labute approximate surface area is 171 Å². The summed E-state index contributed by atoms with van der Waals surface area (Å²) in [6.45, 7) is 9.59. The quantitative estimate of drug-likeness (QED) is 0.500. The molecule has 2 bridgehead atoms. The van der Waals surface area contributed by atoms with Gasteiger partial charge in [-0.25, -0.2) is 0 Å². The van der Waals surface area contributed by atoms with E-state index in [9.17, 15) is 4.79 Å². The Balaban J connectivity index is 1.60. The van der Waals surface area contributed by atoms with Crippen molar-refractivity contribution in [3.63, 3.8) is 0 Å². The van der Waals surface area contributed by atoms with Crippen molar-refractivity contribution >= 4 is 28.5 Å². The fourth-order valence-corrected chi connectivity index (χ4v) is 5.56. The van der Waals surface area contributed by atoms with Crippen LogP contribution in [0.4, 0.5) is 0 Å². The number of amides is 1. The van der Waals surface area contributed by atoms with Gasteiger partial charge in [-0.2, -0.15) is 5.06 Å².